The zero-order chi connectivity index (χ0) is 15.4. The number of hydrogen-bond acceptors (Lipinski definition) is 0. The lowest BCUT2D eigenvalue weighted by atomic mass is 10.0. The number of halogens is 4. The standard InChI is InChI=1S/C17H16BrF3/c1-2-3-4-11-5-7-12(8-6-11)17(18)16-14(20)9-13(19)10-15(16)21/h5-10,17H,2-4H2,1H3. The van der Waals surface area contributed by atoms with Gasteiger partial charge in [0.2, 0.25) is 0 Å². The van der Waals surface area contributed by atoms with Gasteiger partial charge in [0.15, 0.2) is 0 Å². The number of benzene rings is 2. The van der Waals surface area contributed by atoms with Crippen LogP contribution in [0.3, 0.4) is 0 Å². The van der Waals surface area contributed by atoms with E-state index in [0.717, 1.165) is 24.8 Å². The molecule has 0 radical (unpaired) electrons. The van der Waals surface area contributed by atoms with Crippen molar-refractivity contribution in [3.8, 4) is 0 Å². The maximum Gasteiger partial charge on any atom is 0.133 e. The molecule has 2 aromatic carbocycles. The van der Waals surface area contributed by atoms with E-state index in [1.54, 1.807) is 0 Å². The van der Waals surface area contributed by atoms with Gasteiger partial charge in [-0.25, -0.2) is 13.2 Å². The van der Waals surface area contributed by atoms with E-state index in [4.69, 9.17) is 0 Å². The van der Waals surface area contributed by atoms with Crippen molar-refractivity contribution < 1.29 is 13.2 Å². The van der Waals surface area contributed by atoms with Gasteiger partial charge < -0.3 is 0 Å². The first kappa shape index (κ1) is 16.1. The van der Waals surface area contributed by atoms with Gasteiger partial charge in [0.05, 0.1) is 4.83 Å². The van der Waals surface area contributed by atoms with Gasteiger partial charge in [0.1, 0.15) is 17.5 Å². The van der Waals surface area contributed by atoms with Crippen LogP contribution in [0.5, 0.6) is 0 Å². The Kier molecular flexibility index (Phi) is 5.45. The molecule has 0 fully saturated rings. The van der Waals surface area contributed by atoms with Crippen LogP contribution < -0.4 is 0 Å². The van der Waals surface area contributed by atoms with Crippen molar-refractivity contribution in [3.63, 3.8) is 0 Å². The Balaban J connectivity index is 2.26. The normalized spacial score (nSPS) is 12.4. The minimum atomic E-state index is -0.914. The van der Waals surface area contributed by atoms with Crippen LogP contribution in [0.15, 0.2) is 36.4 Å². The molecule has 21 heavy (non-hydrogen) atoms. The quantitative estimate of drug-likeness (QED) is 0.582. The summed E-state index contributed by atoms with van der Waals surface area (Å²) in [6.45, 7) is 2.13. The molecule has 0 aliphatic carbocycles. The minimum Gasteiger partial charge on any atom is -0.207 e. The highest BCUT2D eigenvalue weighted by molar-refractivity contribution is 9.09. The third-order valence-electron chi connectivity index (χ3n) is 3.39. The van der Waals surface area contributed by atoms with Crippen LogP contribution in [0, 0.1) is 17.5 Å². The van der Waals surface area contributed by atoms with Crippen molar-refractivity contribution >= 4 is 15.9 Å². The van der Waals surface area contributed by atoms with Crippen LogP contribution in [0.25, 0.3) is 0 Å². The number of unbranched alkanes of at least 4 members (excludes halogenated alkanes) is 1. The van der Waals surface area contributed by atoms with Crippen molar-refractivity contribution in [1.82, 2.24) is 0 Å². The zero-order valence-electron chi connectivity index (χ0n) is 11.7. The Morgan fingerprint density at radius 1 is 1.00 bits per heavy atom. The van der Waals surface area contributed by atoms with Crippen molar-refractivity contribution in [1.29, 1.82) is 0 Å². The van der Waals surface area contributed by atoms with Crippen LogP contribution in [-0.4, -0.2) is 0 Å². The van der Waals surface area contributed by atoms with Crippen molar-refractivity contribution in [2.24, 2.45) is 0 Å². The summed E-state index contributed by atoms with van der Waals surface area (Å²) in [5, 5.41) is 0. The SMILES string of the molecule is CCCCc1ccc(C(Br)c2c(F)cc(F)cc2F)cc1. The monoisotopic (exact) mass is 356 g/mol. The summed E-state index contributed by atoms with van der Waals surface area (Å²) < 4.78 is 40.5. The average molecular weight is 357 g/mol. The molecule has 0 aliphatic heterocycles. The molecule has 0 heterocycles. The largest absolute Gasteiger partial charge is 0.207 e. The average Bonchev–Trinajstić information content (AvgIpc) is 2.44. The van der Waals surface area contributed by atoms with E-state index in [1.807, 2.05) is 24.3 Å². The van der Waals surface area contributed by atoms with Crippen molar-refractivity contribution in [2.45, 2.75) is 31.0 Å². The van der Waals surface area contributed by atoms with Gasteiger partial charge in [-0.15, -0.1) is 0 Å². The van der Waals surface area contributed by atoms with E-state index in [2.05, 4.69) is 22.9 Å². The Bertz CT molecular complexity index is 585. The highest BCUT2D eigenvalue weighted by Crippen LogP contribution is 2.34. The number of rotatable bonds is 5. The maximum absolute atomic E-state index is 13.8. The third-order valence-corrected chi connectivity index (χ3v) is 4.38. The van der Waals surface area contributed by atoms with Gasteiger partial charge >= 0.3 is 0 Å². The molecule has 0 bridgehead atoms. The first-order chi connectivity index (χ1) is 10.0. The smallest absolute Gasteiger partial charge is 0.133 e. The number of alkyl halides is 1. The molecule has 4 heteroatoms. The highest BCUT2D eigenvalue weighted by atomic mass is 79.9. The molecular weight excluding hydrogens is 341 g/mol. The molecule has 2 rings (SSSR count). The zero-order valence-corrected chi connectivity index (χ0v) is 13.3. The van der Waals surface area contributed by atoms with Crippen molar-refractivity contribution in [2.75, 3.05) is 0 Å². The van der Waals surface area contributed by atoms with Gasteiger partial charge in [0, 0.05) is 17.7 Å². The fraction of sp³-hybridized carbons (Fsp3) is 0.294. The molecule has 2 aromatic rings. The van der Waals surface area contributed by atoms with Gasteiger partial charge in [0.25, 0.3) is 0 Å². The van der Waals surface area contributed by atoms with E-state index in [-0.39, 0.29) is 5.56 Å². The lowest BCUT2D eigenvalue weighted by Gasteiger charge is -2.13. The molecule has 0 spiro atoms. The molecule has 1 atom stereocenters. The summed E-state index contributed by atoms with van der Waals surface area (Å²) in [6, 6.07) is 8.99. The third kappa shape index (κ3) is 3.88. The Morgan fingerprint density at radius 3 is 2.10 bits per heavy atom. The first-order valence-electron chi connectivity index (χ1n) is 6.90. The predicted octanol–water partition coefficient (Wildman–Crippen LogP) is 5.93. The van der Waals surface area contributed by atoms with Gasteiger partial charge in [-0.05, 0) is 24.0 Å². The van der Waals surface area contributed by atoms with E-state index in [0.29, 0.717) is 12.1 Å². The van der Waals surface area contributed by atoms with Crippen LogP contribution in [0.1, 0.15) is 41.3 Å². The van der Waals surface area contributed by atoms with Crippen LogP contribution in [-0.2, 0) is 6.42 Å². The Morgan fingerprint density at radius 2 is 1.57 bits per heavy atom. The molecule has 0 aromatic heterocycles. The number of hydrogen-bond donors (Lipinski definition) is 0. The van der Waals surface area contributed by atoms with Crippen LogP contribution in [0.4, 0.5) is 13.2 Å². The van der Waals surface area contributed by atoms with Crippen LogP contribution >= 0.6 is 15.9 Å². The maximum atomic E-state index is 13.8. The molecular formula is C17H16BrF3. The summed E-state index contributed by atoms with van der Waals surface area (Å²) in [6.07, 6.45) is 3.22. The van der Waals surface area contributed by atoms with Crippen LogP contribution in [0.2, 0.25) is 0 Å². The van der Waals surface area contributed by atoms with E-state index >= 15 is 0 Å². The predicted molar refractivity (Wildman–Crippen MR) is 82.1 cm³/mol. The second kappa shape index (κ2) is 7.12. The fourth-order valence-corrected chi connectivity index (χ4v) is 2.94. The first-order valence-corrected chi connectivity index (χ1v) is 7.81. The summed E-state index contributed by atoms with van der Waals surface area (Å²) in [7, 11) is 0. The topological polar surface area (TPSA) is 0 Å². The second-order valence-electron chi connectivity index (χ2n) is 4.99. The van der Waals surface area contributed by atoms with E-state index < -0.39 is 22.3 Å². The molecule has 0 amide bonds. The number of aryl methyl sites for hydroxylation is 1. The molecule has 112 valence electrons. The molecule has 0 nitrogen and oxygen atoms in total. The Labute approximate surface area is 131 Å². The minimum absolute atomic E-state index is 0.169. The van der Waals surface area contributed by atoms with Gasteiger partial charge in [-0.3, -0.25) is 0 Å². The van der Waals surface area contributed by atoms with E-state index in [9.17, 15) is 13.2 Å². The summed E-state index contributed by atoms with van der Waals surface area (Å²) >= 11 is 3.30. The van der Waals surface area contributed by atoms with Gasteiger partial charge in [-0.2, -0.15) is 0 Å². The molecule has 0 aliphatic rings. The fourth-order valence-electron chi connectivity index (χ4n) is 2.20. The summed E-state index contributed by atoms with van der Waals surface area (Å²) in [4.78, 5) is -0.640. The Hall–Kier alpha value is -1.29. The lowest BCUT2D eigenvalue weighted by Crippen LogP contribution is -2.02. The lowest BCUT2D eigenvalue weighted by molar-refractivity contribution is 0.527. The van der Waals surface area contributed by atoms with Gasteiger partial charge in [-0.1, -0.05) is 53.5 Å². The van der Waals surface area contributed by atoms with Crippen molar-refractivity contribution in [3.05, 3.63) is 70.5 Å². The molecule has 1 unspecified atom stereocenters. The molecule has 0 N–H and O–H groups in total. The second-order valence-corrected chi connectivity index (χ2v) is 5.91. The summed E-state index contributed by atoms with van der Waals surface area (Å²) in [5.74, 6) is -2.68. The molecule has 0 saturated heterocycles. The highest BCUT2D eigenvalue weighted by Gasteiger charge is 2.20. The van der Waals surface area contributed by atoms with E-state index in [1.165, 1.54) is 5.56 Å². The molecule has 0 saturated carbocycles. The summed E-state index contributed by atoms with van der Waals surface area (Å²) in [5.41, 5.74) is 1.76.